The van der Waals surface area contributed by atoms with Gasteiger partial charge in [0.15, 0.2) is 0 Å². The van der Waals surface area contributed by atoms with Crippen LogP contribution in [0.15, 0.2) is 30.3 Å². The predicted octanol–water partition coefficient (Wildman–Crippen LogP) is 2.20. The van der Waals surface area contributed by atoms with Crippen molar-refractivity contribution in [2.75, 3.05) is 12.5 Å². The number of nitro groups is 2. The van der Waals surface area contributed by atoms with Crippen molar-refractivity contribution in [2.24, 2.45) is 0 Å². The molecule has 0 saturated heterocycles. The van der Waals surface area contributed by atoms with Gasteiger partial charge >= 0.3 is 5.69 Å². The van der Waals surface area contributed by atoms with Crippen LogP contribution in [0.2, 0.25) is 0 Å². The van der Waals surface area contributed by atoms with Gasteiger partial charge in [0, 0.05) is 12.4 Å². The molecular formula is C11H10N4O4. The van der Waals surface area contributed by atoms with Gasteiger partial charge in [-0.1, -0.05) is 18.2 Å². The molecular weight excluding hydrogens is 252 g/mol. The van der Waals surface area contributed by atoms with Crippen LogP contribution in [0.25, 0.3) is 10.8 Å². The van der Waals surface area contributed by atoms with Crippen LogP contribution in [0.5, 0.6) is 0 Å². The van der Waals surface area contributed by atoms with E-state index in [1.165, 1.54) is 0 Å². The van der Waals surface area contributed by atoms with Crippen LogP contribution in [-0.2, 0) is 0 Å². The molecule has 0 bridgehead atoms. The highest BCUT2D eigenvalue weighted by molar-refractivity contribution is 6.03. The summed E-state index contributed by atoms with van der Waals surface area (Å²) in [5.41, 5.74) is 4.82. The SMILES string of the molecule is CNNc1c([N+](=O)[O-])cc([N+](=O)[O-])c2ccccc12. The third-order valence-electron chi connectivity index (χ3n) is 2.65. The maximum absolute atomic E-state index is 11.0. The Morgan fingerprint density at radius 3 is 2.11 bits per heavy atom. The Labute approximate surface area is 107 Å². The summed E-state index contributed by atoms with van der Waals surface area (Å²) in [5, 5.41) is 22.8. The molecule has 2 aromatic rings. The van der Waals surface area contributed by atoms with Crippen molar-refractivity contribution in [3.8, 4) is 0 Å². The summed E-state index contributed by atoms with van der Waals surface area (Å²) in [6.45, 7) is 0. The average molecular weight is 262 g/mol. The second kappa shape index (κ2) is 4.86. The summed E-state index contributed by atoms with van der Waals surface area (Å²) in [7, 11) is 1.56. The Balaban J connectivity index is 2.89. The third kappa shape index (κ3) is 2.16. The lowest BCUT2D eigenvalue weighted by Gasteiger charge is -2.09. The molecule has 0 fully saturated rings. The zero-order valence-electron chi connectivity index (χ0n) is 9.91. The first-order chi connectivity index (χ1) is 9.06. The van der Waals surface area contributed by atoms with Crippen LogP contribution < -0.4 is 10.9 Å². The summed E-state index contributed by atoms with van der Waals surface area (Å²) >= 11 is 0. The van der Waals surface area contributed by atoms with Gasteiger partial charge in [0.2, 0.25) is 0 Å². The second-order valence-electron chi connectivity index (χ2n) is 3.72. The van der Waals surface area contributed by atoms with Crippen LogP contribution in [0.3, 0.4) is 0 Å². The zero-order chi connectivity index (χ0) is 14.0. The van der Waals surface area contributed by atoms with Crippen LogP contribution in [0.1, 0.15) is 0 Å². The highest BCUT2D eigenvalue weighted by Crippen LogP contribution is 2.38. The molecule has 0 aliphatic heterocycles. The number of rotatable bonds is 4. The summed E-state index contributed by atoms with van der Waals surface area (Å²) in [5.74, 6) is 0. The first-order valence-corrected chi connectivity index (χ1v) is 5.33. The van der Waals surface area contributed by atoms with Crippen molar-refractivity contribution in [2.45, 2.75) is 0 Å². The average Bonchev–Trinajstić information content (AvgIpc) is 2.38. The highest BCUT2D eigenvalue weighted by atomic mass is 16.6. The van der Waals surface area contributed by atoms with E-state index in [1.54, 1.807) is 31.3 Å². The minimum Gasteiger partial charge on any atom is -0.315 e. The van der Waals surface area contributed by atoms with E-state index in [1.807, 2.05) is 0 Å². The van der Waals surface area contributed by atoms with Gasteiger partial charge in [0.05, 0.1) is 21.3 Å². The Morgan fingerprint density at radius 1 is 1.00 bits per heavy atom. The van der Waals surface area contributed by atoms with Gasteiger partial charge in [0.25, 0.3) is 5.69 Å². The summed E-state index contributed by atoms with van der Waals surface area (Å²) in [6, 6.07) is 7.41. The van der Waals surface area contributed by atoms with E-state index < -0.39 is 9.85 Å². The second-order valence-corrected chi connectivity index (χ2v) is 3.72. The molecule has 2 rings (SSSR count). The van der Waals surface area contributed by atoms with Gasteiger partial charge in [-0.05, 0) is 6.07 Å². The molecule has 0 aliphatic rings. The van der Waals surface area contributed by atoms with Gasteiger partial charge in [-0.3, -0.25) is 20.2 Å². The summed E-state index contributed by atoms with van der Waals surface area (Å²) in [6.07, 6.45) is 0. The van der Waals surface area contributed by atoms with Gasteiger partial charge < -0.3 is 5.43 Å². The molecule has 0 amide bonds. The molecule has 2 aromatic carbocycles. The van der Waals surface area contributed by atoms with E-state index in [-0.39, 0.29) is 17.1 Å². The number of non-ortho nitro benzene ring substituents is 1. The van der Waals surface area contributed by atoms with Gasteiger partial charge in [0.1, 0.15) is 5.69 Å². The molecule has 0 spiro atoms. The van der Waals surface area contributed by atoms with Crippen molar-refractivity contribution in [1.29, 1.82) is 0 Å². The number of benzene rings is 2. The number of anilines is 1. The lowest BCUT2D eigenvalue weighted by Crippen LogP contribution is -2.16. The first kappa shape index (κ1) is 12.7. The molecule has 8 nitrogen and oxygen atoms in total. The Bertz CT molecular complexity index is 671. The maximum atomic E-state index is 11.0. The number of nitrogens with one attached hydrogen (secondary N) is 2. The standard InChI is InChI=1S/C11H10N4O4/c1-12-13-11-8-5-3-2-4-7(8)9(14(16)17)6-10(11)15(18)19/h2-6,12-13H,1H3. The third-order valence-corrected chi connectivity index (χ3v) is 2.65. The van der Waals surface area contributed by atoms with Crippen molar-refractivity contribution in [3.05, 3.63) is 50.6 Å². The zero-order valence-corrected chi connectivity index (χ0v) is 9.91. The smallest absolute Gasteiger partial charge is 0.301 e. The van der Waals surface area contributed by atoms with E-state index in [0.29, 0.717) is 10.8 Å². The van der Waals surface area contributed by atoms with Gasteiger partial charge in [-0.2, -0.15) is 0 Å². The topological polar surface area (TPSA) is 110 Å². The molecule has 0 atom stereocenters. The molecule has 0 radical (unpaired) electrons. The molecule has 0 aliphatic carbocycles. The molecule has 0 saturated carbocycles. The normalized spacial score (nSPS) is 10.4. The Hall–Kier alpha value is -2.74. The largest absolute Gasteiger partial charge is 0.315 e. The van der Waals surface area contributed by atoms with Crippen molar-refractivity contribution in [1.82, 2.24) is 5.43 Å². The van der Waals surface area contributed by atoms with Gasteiger partial charge in [-0.25, -0.2) is 5.43 Å². The first-order valence-electron chi connectivity index (χ1n) is 5.33. The fraction of sp³-hybridized carbons (Fsp3) is 0.0909. The van der Waals surface area contributed by atoms with Crippen molar-refractivity contribution < 1.29 is 9.85 Å². The van der Waals surface area contributed by atoms with Crippen LogP contribution in [0, 0.1) is 20.2 Å². The molecule has 0 unspecified atom stereocenters. The summed E-state index contributed by atoms with van der Waals surface area (Å²) in [4.78, 5) is 20.8. The van der Waals surface area contributed by atoms with Crippen LogP contribution >= 0.6 is 0 Å². The van der Waals surface area contributed by atoms with E-state index in [0.717, 1.165) is 6.07 Å². The summed E-state index contributed by atoms with van der Waals surface area (Å²) < 4.78 is 0. The molecule has 19 heavy (non-hydrogen) atoms. The van der Waals surface area contributed by atoms with E-state index in [4.69, 9.17) is 0 Å². The fourth-order valence-electron chi connectivity index (χ4n) is 1.89. The molecule has 0 heterocycles. The number of hydrazine groups is 1. The number of hydrogen-bond donors (Lipinski definition) is 2. The Morgan fingerprint density at radius 2 is 1.58 bits per heavy atom. The molecule has 0 aromatic heterocycles. The van der Waals surface area contributed by atoms with E-state index in [2.05, 4.69) is 10.9 Å². The van der Waals surface area contributed by atoms with Gasteiger partial charge in [-0.15, -0.1) is 0 Å². The lowest BCUT2D eigenvalue weighted by atomic mass is 10.1. The molecule has 2 N–H and O–H groups in total. The van der Waals surface area contributed by atoms with E-state index in [9.17, 15) is 20.2 Å². The quantitative estimate of drug-likeness (QED) is 0.645. The molecule has 8 heteroatoms. The van der Waals surface area contributed by atoms with E-state index >= 15 is 0 Å². The fourth-order valence-corrected chi connectivity index (χ4v) is 1.89. The van der Waals surface area contributed by atoms with Crippen molar-refractivity contribution in [3.63, 3.8) is 0 Å². The lowest BCUT2D eigenvalue weighted by molar-refractivity contribution is -0.392. The van der Waals surface area contributed by atoms with Crippen molar-refractivity contribution >= 4 is 27.8 Å². The minimum atomic E-state index is -0.654. The Kier molecular flexibility index (Phi) is 3.25. The number of nitrogens with zero attached hydrogens (tertiary/aromatic N) is 2. The molecule has 98 valence electrons. The maximum Gasteiger partial charge on any atom is 0.301 e. The predicted molar refractivity (Wildman–Crippen MR) is 69.9 cm³/mol. The van der Waals surface area contributed by atoms with Crippen LogP contribution in [-0.4, -0.2) is 16.9 Å². The van der Waals surface area contributed by atoms with Crippen LogP contribution in [0.4, 0.5) is 17.1 Å². The number of nitro benzene ring substituents is 2. The monoisotopic (exact) mass is 262 g/mol. The number of fused-ring (bicyclic) bond motifs is 1. The highest BCUT2D eigenvalue weighted by Gasteiger charge is 2.24. The minimum absolute atomic E-state index is 0.203. The number of hydrogen-bond acceptors (Lipinski definition) is 6.